The van der Waals surface area contributed by atoms with E-state index in [1.54, 1.807) is 12.1 Å². The molecule has 0 saturated heterocycles. The molecule has 0 spiro atoms. The van der Waals surface area contributed by atoms with Crippen LogP contribution in [0.25, 0.3) is 0 Å². The zero-order chi connectivity index (χ0) is 29.9. The van der Waals surface area contributed by atoms with Crippen LogP contribution in [0.3, 0.4) is 0 Å². The first-order chi connectivity index (χ1) is 20.1. The molecule has 4 aromatic rings. The number of nitrogens with zero attached hydrogens (tertiary/aromatic N) is 2. The minimum atomic E-state index is -0.485. The number of fused-ring (bicyclic) bond motifs is 1. The minimum absolute atomic E-state index is 0.0968. The largest absolute Gasteiger partial charge is 0.347 e. The summed E-state index contributed by atoms with van der Waals surface area (Å²) in [4.78, 5) is 13.5. The molecule has 4 aromatic carbocycles. The summed E-state index contributed by atoms with van der Waals surface area (Å²) in [7, 11) is 2.15. The van der Waals surface area contributed by atoms with Crippen molar-refractivity contribution in [3.63, 3.8) is 0 Å². The molecular formula is C38H38N2O2. The first kappa shape index (κ1) is 28.8. The molecule has 0 amide bonds. The van der Waals surface area contributed by atoms with E-state index in [9.17, 15) is 10.1 Å². The molecule has 1 aliphatic rings. The van der Waals surface area contributed by atoms with Gasteiger partial charge >= 0.3 is 0 Å². The SMILES string of the molecule is C=C(/C=C/C=C1/N(C)c2ccccc2C1(Cc1ccccc1)Cc1ccccc1)C(C)(C)c1cc([N+](=O)[O-])ccc1C. The Morgan fingerprint density at radius 1 is 0.905 bits per heavy atom. The quantitative estimate of drug-likeness (QED) is 0.118. The van der Waals surface area contributed by atoms with Gasteiger partial charge in [-0.15, -0.1) is 0 Å². The molecule has 4 heteroatoms. The smallest absolute Gasteiger partial charge is 0.269 e. The highest BCUT2D eigenvalue weighted by atomic mass is 16.6. The standard InChI is InChI=1S/C38H38N2O2/c1-28-23-24-32(40(41)42)25-34(28)37(3,4)29(2)15-14-22-36-38(26-30-16-8-6-9-17-30,27-31-18-10-7-11-19-31)33-20-12-13-21-35(33)39(36)5/h6-25H,2,26-27H2,1,3-5H3/b15-14+,36-22+. The molecule has 0 saturated carbocycles. The molecule has 42 heavy (non-hydrogen) atoms. The fourth-order valence-corrected chi connectivity index (χ4v) is 6.39. The molecule has 0 atom stereocenters. The van der Waals surface area contributed by atoms with E-state index in [1.165, 1.54) is 28.1 Å². The third kappa shape index (κ3) is 5.45. The summed E-state index contributed by atoms with van der Waals surface area (Å²) in [6.07, 6.45) is 8.11. The van der Waals surface area contributed by atoms with Gasteiger partial charge < -0.3 is 4.90 Å². The van der Waals surface area contributed by atoms with Crippen LogP contribution in [0.5, 0.6) is 0 Å². The maximum absolute atomic E-state index is 11.5. The number of rotatable bonds is 9. The number of aryl methyl sites for hydroxylation is 1. The maximum atomic E-state index is 11.5. The lowest BCUT2D eigenvalue weighted by molar-refractivity contribution is -0.385. The first-order valence-corrected chi connectivity index (χ1v) is 14.4. The van der Waals surface area contributed by atoms with Crippen molar-refractivity contribution in [2.75, 3.05) is 11.9 Å². The molecule has 5 rings (SSSR count). The first-order valence-electron chi connectivity index (χ1n) is 14.4. The molecule has 0 fully saturated rings. The summed E-state index contributed by atoms with van der Waals surface area (Å²) in [6, 6.07) is 35.2. The summed E-state index contributed by atoms with van der Waals surface area (Å²) in [6.45, 7) is 10.6. The van der Waals surface area contributed by atoms with Crippen LogP contribution in [-0.2, 0) is 23.7 Å². The number of benzene rings is 4. The minimum Gasteiger partial charge on any atom is -0.347 e. The number of nitro benzene ring substituents is 1. The highest BCUT2D eigenvalue weighted by Gasteiger charge is 2.45. The van der Waals surface area contributed by atoms with Crippen molar-refractivity contribution in [3.05, 3.63) is 177 Å². The average molecular weight is 555 g/mol. The van der Waals surface area contributed by atoms with E-state index in [1.807, 2.05) is 13.0 Å². The predicted molar refractivity (Wildman–Crippen MR) is 174 cm³/mol. The van der Waals surface area contributed by atoms with Crippen LogP contribution in [0, 0.1) is 17.0 Å². The Labute approximate surface area is 249 Å². The van der Waals surface area contributed by atoms with Gasteiger partial charge in [-0.05, 0) is 65.3 Å². The Morgan fingerprint density at radius 2 is 1.48 bits per heavy atom. The van der Waals surface area contributed by atoms with E-state index < -0.39 is 5.41 Å². The molecule has 0 radical (unpaired) electrons. The van der Waals surface area contributed by atoms with Crippen LogP contribution >= 0.6 is 0 Å². The van der Waals surface area contributed by atoms with Gasteiger partial charge in [0.2, 0.25) is 0 Å². The molecular weight excluding hydrogens is 516 g/mol. The van der Waals surface area contributed by atoms with Gasteiger partial charge in [0.15, 0.2) is 0 Å². The molecule has 0 aliphatic carbocycles. The Hall–Kier alpha value is -4.70. The fraction of sp³-hybridized carbons (Fsp3) is 0.211. The number of allylic oxidation sites excluding steroid dienone is 5. The van der Waals surface area contributed by atoms with Crippen molar-refractivity contribution in [3.8, 4) is 0 Å². The van der Waals surface area contributed by atoms with Gasteiger partial charge in [-0.3, -0.25) is 10.1 Å². The Morgan fingerprint density at radius 3 is 2.07 bits per heavy atom. The summed E-state index contributed by atoms with van der Waals surface area (Å²) in [5, 5.41) is 11.5. The van der Waals surface area contributed by atoms with Gasteiger partial charge in [0.1, 0.15) is 0 Å². The number of likely N-dealkylation sites (N-methyl/N-ethyl adjacent to an activating group) is 1. The van der Waals surface area contributed by atoms with Crippen molar-refractivity contribution in [2.45, 2.75) is 44.4 Å². The highest BCUT2D eigenvalue weighted by molar-refractivity contribution is 5.72. The normalized spacial score (nSPS) is 15.2. The zero-order valence-electron chi connectivity index (χ0n) is 24.9. The second-order valence-electron chi connectivity index (χ2n) is 11.8. The van der Waals surface area contributed by atoms with Gasteiger partial charge in [0.25, 0.3) is 5.69 Å². The van der Waals surface area contributed by atoms with Crippen molar-refractivity contribution < 1.29 is 4.92 Å². The van der Waals surface area contributed by atoms with Crippen LogP contribution in [0.2, 0.25) is 0 Å². The number of hydrogen-bond acceptors (Lipinski definition) is 3. The van der Waals surface area contributed by atoms with Crippen LogP contribution < -0.4 is 4.90 Å². The van der Waals surface area contributed by atoms with Crippen LogP contribution in [0.15, 0.2) is 139 Å². The van der Waals surface area contributed by atoms with Crippen LogP contribution in [0.1, 0.15) is 41.7 Å². The third-order valence-electron chi connectivity index (χ3n) is 8.79. The fourth-order valence-electron chi connectivity index (χ4n) is 6.39. The summed E-state index contributed by atoms with van der Waals surface area (Å²) in [5.74, 6) is 0. The number of non-ortho nitro benzene ring substituents is 1. The van der Waals surface area contributed by atoms with E-state index >= 15 is 0 Å². The Balaban J connectivity index is 1.58. The summed E-state index contributed by atoms with van der Waals surface area (Å²) in [5.41, 5.74) is 8.50. The summed E-state index contributed by atoms with van der Waals surface area (Å²) < 4.78 is 0. The van der Waals surface area contributed by atoms with E-state index in [0.29, 0.717) is 0 Å². The van der Waals surface area contributed by atoms with Crippen molar-refractivity contribution in [2.24, 2.45) is 0 Å². The molecule has 0 unspecified atom stereocenters. The second-order valence-corrected chi connectivity index (χ2v) is 11.8. The van der Waals surface area contributed by atoms with E-state index in [4.69, 9.17) is 0 Å². The Bertz CT molecular complexity index is 1620. The van der Waals surface area contributed by atoms with Gasteiger partial charge in [-0.25, -0.2) is 0 Å². The van der Waals surface area contributed by atoms with Crippen molar-refractivity contribution in [1.82, 2.24) is 0 Å². The van der Waals surface area contributed by atoms with Gasteiger partial charge in [-0.1, -0.05) is 118 Å². The van der Waals surface area contributed by atoms with Gasteiger partial charge in [-0.2, -0.15) is 0 Å². The summed E-state index contributed by atoms with van der Waals surface area (Å²) >= 11 is 0. The molecule has 0 aromatic heterocycles. The van der Waals surface area contributed by atoms with Crippen LogP contribution in [0.4, 0.5) is 11.4 Å². The second kappa shape index (κ2) is 11.7. The third-order valence-corrected chi connectivity index (χ3v) is 8.79. The Kier molecular flexibility index (Phi) is 8.00. The number of nitro groups is 1. The monoisotopic (exact) mass is 554 g/mol. The number of hydrogen-bond donors (Lipinski definition) is 0. The van der Waals surface area contributed by atoms with Crippen LogP contribution in [-0.4, -0.2) is 12.0 Å². The predicted octanol–water partition coefficient (Wildman–Crippen LogP) is 9.05. The molecule has 4 nitrogen and oxygen atoms in total. The molecule has 0 N–H and O–H groups in total. The number of para-hydroxylation sites is 1. The average Bonchev–Trinajstić information content (AvgIpc) is 3.21. The lowest BCUT2D eigenvalue weighted by Gasteiger charge is -2.34. The van der Waals surface area contributed by atoms with E-state index in [0.717, 1.165) is 29.5 Å². The maximum Gasteiger partial charge on any atom is 0.269 e. The van der Waals surface area contributed by atoms with E-state index in [-0.39, 0.29) is 16.0 Å². The number of anilines is 1. The van der Waals surface area contributed by atoms with E-state index in [2.05, 4.69) is 136 Å². The lowest BCUT2D eigenvalue weighted by Crippen LogP contribution is -2.34. The van der Waals surface area contributed by atoms with Gasteiger partial charge in [0.05, 0.1) is 4.92 Å². The zero-order valence-corrected chi connectivity index (χ0v) is 24.9. The molecule has 1 heterocycles. The van der Waals surface area contributed by atoms with Crippen molar-refractivity contribution >= 4 is 11.4 Å². The lowest BCUT2D eigenvalue weighted by atomic mass is 9.70. The highest BCUT2D eigenvalue weighted by Crippen LogP contribution is 2.51. The topological polar surface area (TPSA) is 46.4 Å². The molecule has 0 bridgehead atoms. The molecule has 212 valence electrons. The van der Waals surface area contributed by atoms with Crippen molar-refractivity contribution in [1.29, 1.82) is 0 Å². The molecule has 1 aliphatic heterocycles. The van der Waals surface area contributed by atoms with Gasteiger partial charge in [0, 0.05) is 41.4 Å².